The summed E-state index contributed by atoms with van der Waals surface area (Å²) in [4.78, 5) is 24.2. The summed E-state index contributed by atoms with van der Waals surface area (Å²) >= 11 is 0. The maximum atomic E-state index is 12.7. The molecule has 1 aromatic heterocycles. The second-order valence-corrected chi connectivity index (χ2v) is 8.54. The summed E-state index contributed by atoms with van der Waals surface area (Å²) < 4.78 is 1.91. The van der Waals surface area contributed by atoms with E-state index < -0.39 is 0 Å². The van der Waals surface area contributed by atoms with E-state index in [-0.39, 0.29) is 24.2 Å². The molecular formula is C26H30N4O2. The Morgan fingerprint density at radius 2 is 2.00 bits per heavy atom. The first-order valence-corrected chi connectivity index (χ1v) is 11.3. The Hall–Kier alpha value is -3.41. The van der Waals surface area contributed by atoms with E-state index >= 15 is 0 Å². The topological polar surface area (TPSA) is 76.0 Å². The molecule has 0 bridgehead atoms. The number of carbonyl (C=O) groups excluding carboxylic acids is 2. The van der Waals surface area contributed by atoms with Gasteiger partial charge in [0.1, 0.15) is 0 Å². The summed E-state index contributed by atoms with van der Waals surface area (Å²) in [6, 6.07) is 16.6. The van der Waals surface area contributed by atoms with Gasteiger partial charge < -0.3 is 10.6 Å². The fourth-order valence-corrected chi connectivity index (χ4v) is 4.08. The van der Waals surface area contributed by atoms with Crippen LogP contribution in [0.15, 0.2) is 48.5 Å². The Kier molecular flexibility index (Phi) is 6.40. The summed E-state index contributed by atoms with van der Waals surface area (Å²) in [5, 5.41) is 10.4. The van der Waals surface area contributed by atoms with Crippen molar-refractivity contribution in [1.82, 2.24) is 15.1 Å². The third-order valence-electron chi connectivity index (χ3n) is 6.15. The van der Waals surface area contributed by atoms with Crippen LogP contribution in [0.3, 0.4) is 0 Å². The molecule has 1 aliphatic rings. The highest BCUT2D eigenvalue weighted by Crippen LogP contribution is 2.29. The highest BCUT2D eigenvalue weighted by Gasteiger charge is 2.28. The molecule has 0 radical (unpaired) electrons. The van der Waals surface area contributed by atoms with Gasteiger partial charge in [-0.1, -0.05) is 43.7 Å². The summed E-state index contributed by atoms with van der Waals surface area (Å²) in [6.07, 6.45) is 3.55. The summed E-state index contributed by atoms with van der Waals surface area (Å²) in [5.74, 6) is -0.147. The van der Waals surface area contributed by atoms with Gasteiger partial charge in [-0.15, -0.1) is 5.10 Å². The number of nitrogens with one attached hydrogen (secondary N) is 2. The first kappa shape index (κ1) is 21.8. The number of aromatic nitrogens is 2. The Labute approximate surface area is 189 Å². The molecule has 166 valence electrons. The third kappa shape index (κ3) is 4.59. The Morgan fingerprint density at radius 1 is 1.19 bits per heavy atom. The Morgan fingerprint density at radius 3 is 2.75 bits per heavy atom. The molecule has 32 heavy (non-hydrogen) atoms. The molecule has 1 atom stereocenters. The highest BCUT2D eigenvalue weighted by atomic mass is 16.2. The molecular weight excluding hydrogens is 400 g/mol. The zero-order valence-electron chi connectivity index (χ0n) is 18.9. The largest absolute Gasteiger partial charge is 0.355 e. The van der Waals surface area contributed by atoms with Crippen molar-refractivity contribution in [3.05, 3.63) is 65.2 Å². The molecule has 1 aliphatic heterocycles. The van der Waals surface area contributed by atoms with Gasteiger partial charge in [0, 0.05) is 24.6 Å². The molecule has 0 aliphatic carbocycles. The molecule has 3 aromatic rings. The molecule has 6 nitrogen and oxygen atoms in total. The number of anilines is 1. The van der Waals surface area contributed by atoms with Gasteiger partial charge in [-0.25, -0.2) is 4.68 Å². The minimum Gasteiger partial charge on any atom is -0.355 e. The van der Waals surface area contributed by atoms with E-state index in [0.29, 0.717) is 12.4 Å². The smallest absolute Gasteiger partial charge is 0.230 e. The first-order valence-electron chi connectivity index (χ1n) is 11.3. The molecule has 4 rings (SSSR count). The van der Waals surface area contributed by atoms with Crippen LogP contribution in [0, 0.1) is 19.8 Å². The fourth-order valence-electron chi connectivity index (χ4n) is 4.08. The molecule has 0 spiro atoms. The normalized spacial score (nSPS) is 15.6. The van der Waals surface area contributed by atoms with Crippen molar-refractivity contribution in [1.29, 1.82) is 0 Å². The van der Waals surface area contributed by atoms with Gasteiger partial charge in [0.2, 0.25) is 11.8 Å². The zero-order valence-corrected chi connectivity index (χ0v) is 18.9. The molecule has 2 aromatic carbocycles. The van der Waals surface area contributed by atoms with E-state index in [1.165, 1.54) is 11.1 Å². The lowest BCUT2D eigenvalue weighted by atomic mass is 10.0. The number of aryl methyl sites for hydroxylation is 2. The monoisotopic (exact) mass is 430 g/mol. The number of hydrogen-bond acceptors (Lipinski definition) is 3. The van der Waals surface area contributed by atoms with E-state index in [1.54, 1.807) is 0 Å². The van der Waals surface area contributed by atoms with Crippen molar-refractivity contribution in [3.63, 3.8) is 0 Å². The van der Waals surface area contributed by atoms with E-state index in [2.05, 4.69) is 61.7 Å². The van der Waals surface area contributed by atoms with Crippen LogP contribution in [0.2, 0.25) is 0 Å². The van der Waals surface area contributed by atoms with Crippen LogP contribution >= 0.6 is 0 Å². The SMILES string of the molecule is CCCCc1cccc(-c2cc(NC(=O)[C@@H]3CNC(=O)C3)nn2-c2cccc(C)c2C)c1. The molecule has 2 heterocycles. The fraction of sp³-hybridized carbons (Fsp3) is 0.346. The number of hydrogen-bond donors (Lipinski definition) is 2. The predicted octanol–water partition coefficient (Wildman–Crippen LogP) is 4.57. The van der Waals surface area contributed by atoms with Crippen LogP contribution in [-0.4, -0.2) is 28.1 Å². The van der Waals surface area contributed by atoms with E-state index in [0.717, 1.165) is 41.8 Å². The highest BCUT2D eigenvalue weighted by molar-refractivity contribution is 5.97. The molecule has 2 N–H and O–H groups in total. The minimum atomic E-state index is -0.367. The lowest BCUT2D eigenvalue weighted by Crippen LogP contribution is -2.24. The molecule has 0 saturated carbocycles. The first-order chi connectivity index (χ1) is 15.5. The van der Waals surface area contributed by atoms with Gasteiger partial charge in [0.15, 0.2) is 5.82 Å². The van der Waals surface area contributed by atoms with Gasteiger partial charge in [-0.2, -0.15) is 0 Å². The molecule has 6 heteroatoms. The maximum Gasteiger partial charge on any atom is 0.230 e. The average Bonchev–Trinajstić information content (AvgIpc) is 3.41. The number of benzene rings is 2. The van der Waals surface area contributed by atoms with Crippen LogP contribution in [0.1, 0.15) is 42.9 Å². The average molecular weight is 431 g/mol. The zero-order chi connectivity index (χ0) is 22.7. The number of nitrogens with zero attached hydrogens (tertiary/aromatic N) is 2. The third-order valence-corrected chi connectivity index (χ3v) is 6.15. The maximum absolute atomic E-state index is 12.7. The second-order valence-electron chi connectivity index (χ2n) is 8.54. The molecule has 1 saturated heterocycles. The molecule has 0 unspecified atom stereocenters. The lowest BCUT2D eigenvalue weighted by Gasteiger charge is -2.13. The van der Waals surface area contributed by atoms with Crippen LogP contribution in [0.5, 0.6) is 0 Å². The van der Waals surface area contributed by atoms with Crippen molar-refractivity contribution < 1.29 is 9.59 Å². The van der Waals surface area contributed by atoms with Gasteiger partial charge in [0.25, 0.3) is 0 Å². The van der Waals surface area contributed by atoms with Crippen LogP contribution in [-0.2, 0) is 16.0 Å². The van der Waals surface area contributed by atoms with Crippen molar-refractivity contribution in [2.75, 3.05) is 11.9 Å². The van der Waals surface area contributed by atoms with Crippen molar-refractivity contribution in [2.24, 2.45) is 5.92 Å². The number of amides is 2. The van der Waals surface area contributed by atoms with Gasteiger partial charge in [-0.3, -0.25) is 9.59 Å². The van der Waals surface area contributed by atoms with Gasteiger partial charge in [0.05, 0.1) is 17.3 Å². The summed E-state index contributed by atoms with van der Waals surface area (Å²) in [7, 11) is 0. The van der Waals surface area contributed by atoms with Crippen LogP contribution in [0.25, 0.3) is 16.9 Å². The standard InChI is InChI=1S/C26H30N4O2/c1-4-5-9-19-10-7-11-20(13-19)23-15-24(28-26(32)21-14-25(31)27-16-21)29-30(23)22-12-6-8-17(2)18(22)3/h6-8,10-13,15,21H,4-5,9,14,16H2,1-3H3,(H,27,31)(H,28,29,32)/t21-/m0/s1. The second kappa shape index (κ2) is 9.39. The Bertz CT molecular complexity index is 1150. The quantitative estimate of drug-likeness (QED) is 0.576. The number of rotatable bonds is 7. The summed E-state index contributed by atoms with van der Waals surface area (Å²) in [5.41, 5.74) is 6.58. The lowest BCUT2D eigenvalue weighted by molar-refractivity contribution is -0.123. The van der Waals surface area contributed by atoms with Gasteiger partial charge >= 0.3 is 0 Å². The van der Waals surface area contributed by atoms with Crippen molar-refractivity contribution in [2.45, 2.75) is 46.5 Å². The minimum absolute atomic E-state index is 0.0874. The predicted molar refractivity (Wildman–Crippen MR) is 127 cm³/mol. The number of carbonyl (C=O) groups is 2. The molecule has 2 amide bonds. The molecule has 1 fully saturated rings. The van der Waals surface area contributed by atoms with E-state index in [9.17, 15) is 9.59 Å². The van der Waals surface area contributed by atoms with Crippen LogP contribution < -0.4 is 10.6 Å². The van der Waals surface area contributed by atoms with Crippen LogP contribution in [0.4, 0.5) is 5.82 Å². The van der Waals surface area contributed by atoms with E-state index in [1.807, 2.05) is 22.9 Å². The summed E-state index contributed by atoms with van der Waals surface area (Å²) in [6.45, 7) is 6.73. The van der Waals surface area contributed by atoms with Crippen molar-refractivity contribution in [3.8, 4) is 16.9 Å². The Balaban J connectivity index is 1.73. The van der Waals surface area contributed by atoms with Gasteiger partial charge in [-0.05, 0) is 55.5 Å². The van der Waals surface area contributed by atoms with Crippen molar-refractivity contribution >= 4 is 17.6 Å². The number of unbranched alkanes of at least 4 members (excludes halogenated alkanes) is 1. The van der Waals surface area contributed by atoms with E-state index in [4.69, 9.17) is 5.10 Å².